The molecule has 0 aliphatic carbocycles. The first kappa shape index (κ1) is 79.0. The summed E-state index contributed by atoms with van der Waals surface area (Å²) in [6.45, 7) is 4.79. The summed E-state index contributed by atoms with van der Waals surface area (Å²) < 4.78 is 0. The Labute approximate surface area is 662 Å². The summed E-state index contributed by atoms with van der Waals surface area (Å²) in [7, 11) is 7.74. The molecule has 7 aromatic heterocycles. The number of fused-ring (bicyclic) bond motifs is 2. The van der Waals surface area contributed by atoms with Gasteiger partial charge in [-0.1, -0.05) is 97.1 Å². The first-order valence-corrected chi connectivity index (χ1v) is 36.5. The van der Waals surface area contributed by atoms with Gasteiger partial charge in [0.25, 0.3) is 17.7 Å². The molecule has 5 amide bonds. The Morgan fingerprint density at radius 1 is 0.465 bits per heavy atom. The molecule has 114 heavy (non-hydrogen) atoms. The summed E-state index contributed by atoms with van der Waals surface area (Å²) in [6.07, 6.45) is 23.2. The van der Waals surface area contributed by atoms with Crippen LogP contribution in [-0.4, -0.2) is 136 Å². The fraction of sp³-hybridized carbons (Fsp3) is 0.101. The highest BCUT2D eigenvalue weighted by Gasteiger charge is 2.18. The van der Waals surface area contributed by atoms with E-state index in [1.165, 1.54) is 12.2 Å². The lowest BCUT2D eigenvalue weighted by Crippen LogP contribution is -2.14. The summed E-state index contributed by atoms with van der Waals surface area (Å²) in [5, 5.41) is 19.7. The SMILES string of the molecule is C=CC(=O)Nc1cccc(NC(=O)c2ccc(Cc3nccc(-c4cccnc4)n3)cc2)c1.CN(C)C/C=C/C(=O)Cc1cccc(C(=O)Nc2ccc(Nc3ncc(Cl)c(-c4c[nH]c5ccccc45)n3)cc2)c1.CN(C)C/C=C/C(=O)Nc1cccc(C(=O)Nc2ccc(Cc3nc(-c4cccnc4)c4cc[nH]c4n3)cc2)c1. The van der Waals surface area contributed by atoms with Crippen molar-refractivity contribution in [2.75, 3.05) is 73.2 Å². The van der Waals surface area contributed by atoms with Crippen molar-refractivity contribution >= 4 is 109 Å². The molecule has 0 fully saturated rings. The molecule has 0 unspecified atom stereocenters. The average molecular weight is 1530 g/mol. The fourth-order valence-corrected chi connectivity index (χ4v) is 11.9. The summed E-state index contributed by atoms with van der Waals surface area (Å²) in [5.41, 5.74) is 14.7. The number of anilines is 7. The molecule has 568 valence electrons. The number of halogens is 1. The number of para-hydroxylation sites is 1. The van der Waals surface area contributed by atoms with E-state index in [-0.39, 0.29) is 41.7 Å². The minimum absolute atomic E-state index is 0.00858. The zero-order valence-corrected chi connectivity index (χ0v) is 63.4. The number of rotatable bonds is 26. The number of hydrogen-bond donors (Lipinski definition) is 8. The Hall–Kier alpha value is -14.6. The van der Waals surface area contributed by atoms with Crippen molar-refractivity contribution in [2.45, 2.75) is 19.3 Å². The number of nitrogens with one attached hydrogen (secondary N) is 8. The topological polar surface area (TPSA) is 316 Å². The molecule has 24 nitrogen and oxygen atoms in total. The van der Waals surface area contributed by atoms with Crippen LogP contribution in [0.2, 0.25) is 5.02 Å². The third kappa shape index (κ3) is 22.5. The highest BCUT2D eigenvalue weighted by atomic mass is 35.5. The van der Waals surface area contributed by atoms with Gasteiger partial charge in [0.2, 0.25) is 17.8 Å². The maximum absolute atomic E-state index is 12.9. The van der Waals surface area contributed by atoms with Gasteiger partial charge in [0.05, 0.1) is 28.3 Å². The molecule has 25 heteroatoms. The van der Waals surface area contributed by atoms with E-state index in [9.17, 15) is 28.8 Å². The number of hydrogen-bond acceptors (Lipinski definition) is 17. The normalized spacial score (nSPS) is 11.0. The fourth-order valence-electron chi connectivity index (χ4n) is 11.7. The van der Waals surface area contributed by atoms with E-state index in [1.807, 2.05) is 172 Å². The van der Waals surface area contributed by atoms with E-state index >= 15 is 0 Å². The van der Waals surface area contributed by atoms with Gasteiger partial charge in [-0.05, 0) is 197 Å². The first-order valence-electron chi connectivity index (χ1n) is 36.1. The molecule has 0 spiro atoms. The lowest BCUT2D eigenvalue weighted by atomic mass is 10.0. The Morgan fingerprint density at radius 2 is 1.06 bits per heavy atom. The number of carbonyl (C=O) groups is 6. The van der Waals surface area contributed by atoms with Crippen molar-refractivity contribution in [1.82, 2.24) is 59.6 Å². The van der Waals surface area contributed by atoms with Crippen LogP contribution in [-0.2, 0) is 33.6 Å². The number of likely N-dealkylation sites (N-methyl/N-ethyl adjacent to an activating group) is 2. The van der Waals surface area contributed by atoms with Crippen LogP contribution in [0.3, 0.4) is 0 Å². The van der Waals surface area contributed by atoms with Crippen LogP contribution >= 0.6 is 11.6 Å². The monoisotopic (exact) mass is 1530 g/mol. The molecule has 7 heterocycles. The van der Waals surface area contributed by atoms with Crippen LogP contribution in [0.4, 0.5) is 40.1 Å². The number of nitrogens with zero attached hydrogens (tertiary/aromatic N) is 10. The lowest BCUT2D eigenvalue weighted by molar-refractivity contribution is -0.114. The van der Waals surface area contributed by atoms with Gasteiger partial charge in [0, 0.05) is 166 Å². The van der Waals surface area contributed by atoms with Crippen molar-refractivity contribution in [3.8, 4) is 33.8 Å². The number of aromatic nitrogens is 10. The molecular formula is C89H79ClN18O6. The largest absolute Gasteiger partial charge is 0.360 e. The molecule has 0 aliphatic heterocycles. The molecule has 0 saturated heterocycles. The van der Waals surface area contributed by atoms with Gasteiger partial charge in [-0.25, -0.2) is 29.9 Å². The first-order chi connectivity index (χ1) is 55.4. The molecule has 14 aromatic rings. The predicted octanol–water partition coefficient (Wildman–Crippen LogP) is 15.9. The standard InChI is InChI=1S/C32H29ClN6O2.C31H29N7O2.C26H21N5O2/c1-39(2)16-6-9-25(40)18-21-7-5-8-22(17-21)31(41)36-23-12-14-24(15-13-23)37-32-35-20-28(33)30(38-32)27-19-34-29-11-4-3-10-26(27)29;1-38(2)17-5-9-28(39)34-25-8-3-6-22(19-25)31(40)35-24-12-10-21(11-13-24)18-27-36-29(23-7-4-15-32-20-23)26-14-16-33-30(26)37-27;1-2-25(32)29-21-6-3-7-22(16-21)30-26(33)19-10-8-18(9-11-19)15-24-28-14-12-23(31-24)20-5-4-13-27-17-20/h3-15,17,19-20,34H,16,18H2,1-2H3,(H,36,41)(H,35,37,38);3-16,19-20H,17-18H2,1-2H3,(H,34,39)(H,35,40)(H,33,36,37);2-14,16-17H,1,15H2,(H,29,32)(H,30,33)/b9-6+;9-5+;. The molecular weight excluding hydrogens is 1450 g/mol. The third-order valence-corrected chi connectivity index (χ3v) is 17.5. The molecule has 0 bridgehead atoms. The minimum Gasteiger partial charge on any atom is -0.360 e. The molecule has 0 aliphatic rings. The number of allylic oxidation sites excluding steroid dienone is 1. The van der Waals surface area contributed by atoms with Gasteiger partial charge in [-0.15, -0.1) is 0 Å². The van der Waals surface area contributed by atoms with Crippen molar-refractivity contribution in [3.63, 3.8) is 0 Å². The zero-order chi connectivity index (χ0) is 79.7. The number of benzene rings is 7. The van der Waals surface area contributed by atoms with Crippen LogP contribution < -0.4 is 31.9 Å². The Balaban J connectivity index is 0.000000159. The van der Waals surface area contributed by atoms with Gasteiger partial charge in [-0.3, -0.25) is 38.7 Å². The molecule has 14 rings (SSSR count). The second-order valence-corrected chi connectivity index (χ2v) is 26.9. The number of H-pyrrole nitrogens is 2. The van der Waals surface area contributed by atoms with Crippen LogP contribution in [0.25, 0.3) is 55.7 Å². The minimum atomic E-state index is -0.316. The van der Waals surface area contributed by atoms with Crippen molar-refractivity contribution < 1.29 is 28.8 Å². The van der Waals surface area contributed by atoms with Crippen LogP contribution in [0.15, 0.2) is 293 Å². The highest BCUT2D eigenvalue weighted by Crippen LogP contribution is 2.34. The second kappa shape index (κ2) is 38.7. The van der Waals surface area contributed by atoms with Gasteiger partial charge in [0.1, 0.15) is 17.3 Å². The molecule has 0 saturated carbocycles. The van der Waals surface area contributed by atoms with Crippen molar-refractivity contribution in [1.29, 1.82) is 0 Å². The average Bonchev–Trinajstić information content (AvgIpc) is 1.63. The van der Waals surface area contributed by atoms with Gasteiger partial charge < -0.3 is 51.7 Å². The zero-order valence-electron chi connectivity index (χ0n) is 62.7. The van der Waals surface area contributed by atoms with E-state index in [1.54, 1.807) is 140 Å². The molecule has 7 aromatic carbocycles. The predicted molar refractivity (Wildman–Crippen MR) is 450 cm³/mol. The quantitative estimate of drug-likeness (QED) is 0.0234. The van der Waals surface area contributed by atoms with Crippen LogP contribution in [0, 0.1) is 0 Å². The van der Waals surface area contributed by atoms with Gasteiger partial charge in [0.15, 0.2) is 5.78 Å². The van der Waals surface area contributed by atoms with E-state index in [2.05, 4.69) is 83.3 Å². The van der Waals surface area contributed by atoms with E-state index in [0.717, 1.165) is 72.4 Å². The second-order valence-electron chi connectivity index (χ2n) is 26.5. The Kier molecular flexibility index (Phi) is 26.8. The number of ketones is 1. The Bertz CT molecular complexity index is 5800. The lowest BCUT2D eigenvalue weighted by Gasteiger charge is -2.10. The van der Waals surface area contributed by atoms with Crippen molar-refractivity contribution in [3.05, 3.63) is 343 Å². The van der Waals surface area contributed by atoms with Gasteiger partial charge in [-0.2, -0.15) is 0 Å². The Morgan fingerprint density at radius 3 is 1.75 bits per heavy atom. The number of carbonyl (C=O) groups excluding carboxylic acids is 6. The summed E-state index contributed by atoms with van der Waals surface area (Å²) in [5.74, 6) is 0.420. The van der Waals surface area contributed by atoms with Crippen molar-refractivity contribution in [2.24, 2.45) is 0 Å². The summed E-state index contributed by atoms with van der Waals surface area (Å²) in [4.78, 5) is 120. The third-order valence-electron chi connectivity index (χ3n) is 17.2. The van der Waals surface area contributed by atoms with Gasteiger partial charge >= 0.3 is 0 Å². The summed E-state index contributed by atoms with van der Waals surface area (Å²) in [6, 6.07) is 62.4. The molecule has 0 radical (unpaired) electrons. The van der Waals surface area contributed by atoms with E-state index < -0.39 is 0 Å². The maximum Gasteiger partial charge on any atom is 0.255 e. The van der Waals surface area contributed by atoms with Crippen LogP contribution in [0.1, 0.15) is 59.4 Å². The highest BCUT2D eigenvalue weighted by molar-refractivity contribution is 6.33. The van der Waals surface area contributed by atoms with E-state index in [0.29, 0.717) is 99.4 Å². The smallest absolute Gasteiger partial charge is 0.255 e. The van der Waals surface area contributed by atoms with Crippen LogP contribution in [0.5, 0.6) is 0 Å². The number of amides is 5. The van der Waals surface area contributed by atoms with E-state index in [4.69, 9.17) is 16.6 Å². The number of pyridine rings is 2. The maximum atomic E-state index is 12.9. The molecule has 0 atom stereocenters. The number of aromatic amines is 2. The molecule has 8 N–H and O–H groups in total. The summed E-state index contributed by atoms with van der Waals surface area (Å²) >= 11 is 6.45.